The molecule has 0 heterocycles. The van der Waals surface area contributed by atoms with Crippen LogP contribution in [0.3, 0.4) is 0 Å². The number of nitrogens with zero attached hydrogens (tertiary/aromatic N) is 1. The number of nitro groups is 1. The number of hydrogen-bond donors (Lipinski definition) is 3. The van der Waals surface area contributed by atoms with Gasteiger partial charge in [0, 0.05) is 23.6 Å². The number of carbonyl (C=O) groups is 1. The lowest BCUT2D eigenvalue weighted by Gasteiger charge is -2.30. The number of non-ortho nitro benzene ring substituents is 1. The molecule has 2 amide bonds. The van der Waals surface area contributed by atoms with Gasteiger partial charge in [0.15, 0.2) is 0 Å². The van der Waals surface area contributed by atoms with Gasteiger partial charge >= 0.3 is 6.03 Å². The van der Waals surface area contributed by atoms with E-state index in [9.17, 15) is 20.0 Å². The first kappa shape index (κ1) is 16.5. The maximum Gasteiger partial charge on any atom is 0.319 e. The van der Waals surface area contributed by atoms with Crippen molar-refractivity contribution in [3.63, 3.8) is 0 Å². The summed E-state index contributed by atoms with van der Waals surface area (Å²) in [5.74, 6) is 0. The highest BCUT2D eigenvalue weighted by atomic mass is 35.5. The lowest BCUT2D eigenvalue weighted by Crippen LogP contribution is -2.46. The van der Waals surface area contributed by atoms with Gasteiger partial charge in [-0.15, -0.1) is 0 Å². The third-order valence-corrected chi connectivity index (χ3v) is 4.47. The van der Waals surface area contributed by atoms with Crippen LogP contribution in [0.5, 0.6) is 0 Å². The van der Waals surface area contributed by atoms with E-state index in [0.29, 0.717) is 5.69 Å². The van der Waals surface area contributed by atoms with Crippen LogP contribution in [0.15, 0.2) is 18.2 Å². The Morgan fingerprint density at radius 2 is 2.32 bits per heavy atom. The van der Waals surface area contributed by atoms with Crippen molar-refractivity contribution >= 4 is 29.0 Å². The Kier molecular flexibility index (Phi) is 4.87. The minimum atomic E-state index is -0.555. The van der Waals surface area contributed by atoms with E-state index >= 15 is 0 Å². The zero-order valence-electron chi connectivity index (χ0n) is 12.1. The maximum atomic E-state index is 12.0. The zero-order valence-corrected chi connectivity index (χ0v) is 12.9. The Morgan fingerprint density at radius 1 is 1.59 bits per heavy atom. The summed E-state index contributed by atoms with van der Waals surface area (Å²) in [5, 5.41) is 25.6. The summed E-state index contributed by atoms with van der Waals surface area (Å²) in [6, 6.07) is 3.29. The highest BCUT2D eigenvalue weighted by molar-refractivity contribution is 6.33. The molecule has 0 bridgehead atoms. The van der Waals surface area contributed by atoms with Crippen LogP contribution in [-0.4, -0.2) is 28.7 Å². The molecule has 1 aliphatic carbocycles. The van der Waals surface area contributed by atoms with Crippen molar-refractivity contribution < 1.29 is 14.8 Å². The van der Waals surface area contributed by atoms with E-state index in [1.54, 1.807) is 0 Å². The van der Waals surface area contributed by atoms with Crippen LogP contribution in [0.25, 0.3) is 0 Å². The van der Waals surface area contributed by atoms with Crippen LogP contribution >= 0.6 is 11.6 Å². The van der Waals surface area contributed by atoms with E-state index in [4.69, 9.17) is 11.6 Å². The molecule has 1 aromatic rings. The fourth-order valence-electron chi connectivity index (χ4n) is 2.70. The summed E-state index contributed by atoms with van der Waals surface area (Å²) < 4.78 is 0. The Bertz CT molecular complexity index is 595. The molecule has 8 heteroatoms. The average Bonchev–Trinajstić information content (AvgIpc) is 2.82. The molecule has 7 nitrogen and oxygen atoms in total. The predicted molar refractivity (Wildman–Crippen MR) is 83.1 cm³/mol. The lowest BCUT2D eigenvalue weighted by molar-refractivity contribution is -0.384. The number of nitrogens with one attached hydrogen (secondary N) is 2. The molecule has 3 N–H and O–H groups in total. The van der Waals surface area contributed by atoms with Gasteiger partial charge in [0.05, 0.1) is 22.2 Å². The number of hydrogen-bond acceptors (Lipinski definition) is 4. The van der Waals surface area contributed by atoms with E-state index in [-0.39, 0.29) is 28.8 Å². The number of aliphatic hydroxyl groups is 1. The molecule has 120 valence electrons. The van der Waals surface area contributed by atoms with Crippen LogP contribution in [0.4, 0.5) is 16.2 Å². The van der Waals surface area contributed by atoms with Gasteiger partial charge < -0.3 is 15.7 Å². The number of nitro benzene ring substituents is 1. The molecular weight excluding hydrogens is 310 g/mol. The SMILES string of the molecule is CC1(CO)CCCC1NC(=O)Nc1ccc([N+](=O)[O-])cc1Cl. The first-order valence-corrected chi connectivity index (χ1v) is 7.36. The number of anilines is 1. The van der Waals surface area contributed by atoms with Gasteiger partial charge in [-0.25, -0.2) is 4.79 Å². The molecule has 1 saturated carbocycles. The highest BCUT2D eigenvalue weighted by Crippen LogP contribution is 2.37. The monoisotopic (exact) mass is 327 g/mol. The zero-order chi connectivity index (χ0) is 16.3. The molecule has 0 aliphatic heterocycles. The van der Waals surface area contributed by atoms with Crippen LogP contribution in [0.2, 0.25) is 5.02 Å². The van der Waals surface area contributed by atoms with Crippen molar-refractivity contribution in [2.45, 2.75) is 32.2 Å². The molecule has 1 fully saturated rings. The topological polar surface area (TPSA) is 104 Å². The van der Waals surface area contributed by atoms with Crippen molar-refractivity contribution in [2.24, 2.45) is 5.41 Å². The lowest BCUT2D eigenvalue weighted by atomic mass is 9.86. The van der Waals surface area contributed by atoms with Crippen molar-refractivity contribution in [2.75, 3.05) is 11.9 Å². The molecule has 1 aliphatic rings. The minimum Gasteiger partial charge on any atom is -0.396 e. The van der Waals surface area contributed by atoms with E-state index in [0.717, 1.165) is 19.3 Å². The summed E-state index contributed by atoms with van der Waals surface area (Å²) in [6.45, 7) is 1.94. The van der Waals surface area contributed by atoms with E-state index < -0.39 is 11.0 Å². The Labute approximate surface area is 132 Å². The molecule has 0 radical (unpaired) electrons. The molecule has 0 spiro atoms. The van der Waals surface area contributed by atoms with Crippen molar-refractivity contribution in [3.8, 4) is 0 Å². The summed E-state index contributed by atoms with van der Waals surface area (Å²) in [4.78, 5) is 22.1. The summed E-state index contributed by atoms with van der Waals surface area (Å²) >= 11 is 5.93. The quantitative estimate of drug-likeness (QED) is 0.584. The number of carbonyl (C=O) groups excluding carboxylic acids is 1. The number of rotatable bonds is 4. The van der Waals surface area contributed by atoms with Gasteiger partial charge in [-0.1, -0.05) is 24.9 Å². The molecule has 0 aromatic heterocycles. The van der Waals surface area contributed by atoms with Crippen molar-refractivity contribution in [3.05, 3.63) is 33.3 Å². The van der Waals surface area contributed by atoms with E-state index in [2.05, 4.69) is 10.6 Å². The fraction of sp³-hybridized carbons (Fsp3) is 0.500. The third kappa shape index (κ3) is 3.48. The normalized spacial score (nSPS) is 24.0. The first-order chi connectivity index (χ1) is 10.4. The molecular formula is C14H18ClN3O4. The molecule has 1 aromatic carbocycles. The molecule has 0 saturated heterocycles. The average molecular weight is 328 g/mol. The first-order valence-electron chi connectivity index (χ1n) is 6.98. The molecule has 2 unspecified atom stereocenters. The van der Waals surface area contributed by atoms with Gasteiger partial charge in [0.2, 0.25) is 0 Å². The Morgan fingerprint density at radius 3 is 2.91 bits per heavy atom. The highest BCUT2D eigenvalue weighted by Gasteiger charge is 2.39. The number of benzene rings is 1. The van der Waals surface area contributed by atoms with Gasteiger partial charge in [-0.05, 0) is 18.9 Å². The van der Waals surface area contributed by atoms with Gasteiger partial charge in [0.1, 0.15) is 0 Å². The molecule has 2 atom stereocenters. The number of halogens is 1. The second kappa shape index (κ2) is 6.50. The maximum absolute atomic E-state index is 12.0. The van der Waals surface area contributed by atoms with E-state index in [1.807, 2.05) is 6.92 Å². The summed E-state index contributed by atoms with van der Waals surface area (Å²) in [7, 11) is 0. The summed E-state index contributed by atoms with van der Waals surface area (Å²) in [5.41, 5.74) is -0.163. The Hall–Kier alpha value is -1.86. The van der Waals surface area contributed by atoms with Crippen LogP contribution in [-0.2, 0) is 0 Å². The standard InChI is InChI=1S/C14H18ClN3O4/c1-14(8-19)6-2-3-12(14)17-13(20)16-11-5-4-9(18(21)22)7-10(11)15/h4-5,7,12,19H,2-3,6,8H2,1H3,(H2,16,17,20). The van der Waals surface area contributed by atoms with Crippen molar-refractivity contribution in [1.82, 2.24) is 5.32 Å². The third-order valence-electron chi connectivity index (χ3n) is 4.16. The molecule has 2 rings (SSSR count). The van der Waals surface area contributed by atoms with Gasteiger partial charge in [-0.3, -0.25) is 10.1 Å². The number of aliphatic hydroxyl groups excluding tert-OH is 1. The predicted octanol–water partition coefficient (Wildman–Crippen LogP) is 2.92. The summed E-state index contributed by atoms with van der Waals surface area (Å²) in [6.07, 6.45) is 2.60. The largest absolute Gasteiger partial charge is 0.396 e. The fourth-order valence-corrected chi connectivity index (χ4v) is 2.93. The van der Waals surface area contributed by atoms with Crippen molar-refractivity contribution in [1.29, 1.82) is 0 Å². The smallest absolute Gasteiger partial charge is 0.319 e. The Balaban J connectivity index is 2.02. The van der Waals surface area contributed by atoms with Gasteiger partial charge in [-0.2, -0.15) is 0 Å². The van der Waals surface area contributed by atoms with Crippen LogP contribution in [0, 0.1) is 15.5 Å². The number of amides is 2. The second-order valence-electron chi connectivity index (χ2n) is 5.78. The molecule has 22 heavy (non-hydrogen) atoms. The van der Waals surface area contributed by atoms with Gasteiger partial charge in [0.25, 0.3) is 5.69 Å². The van der Waals surface area contributed by atoms with Crippen LogP contribution in [0.1, 0.15) is 26.2 Å². The minimum absolute atomic E-state index is 0.0102. The van der Waals surface area contributed by atoms with E-state index in [1.165, 1.54) is 18.2 Å². The number of urea groups is 1. The second-order valence-corrected chi connectivity index (χ2v) is 6.18. The van der Waals surface area contributed by atoms with Crippen LogP contribution < -0.4 is 10.6 Å².